The number of nitrogens with zero attached hydrogens (tertiary/aromatic N) is 2. The summed E-state index contributed by atoms with van der Waals surface area (Å²) in [6, 6.07) is 2.39. The van der Waals surface area contributed by atoms with Crippen molar-refractivity contribution in [1.29, 1.82) is 0 Å². The van der Waals surface area contributed by atoms with Crippen LogP contribution in [-0.4, -0.2) is 56.7 Å². The van der Waals surface area contributed by atoms with Gasteiger partial charge in [0.2, 0.25) is 5.91 Å². The molecule has 0 saturated heterocycles. The second kappa shape index (κ2) is 7.51. The molecule has 3 rings (SSSR count). The first-order valence-electron chi connectivity index (χ1n) is 9.04. The van der Waals surface area contributed by atoms with Crippen molar-refractivity contribution in [2.45, 2.75) is 44.4 Å². The molecule has 0 aromatic carbocycles. The van der Waals surface area contributed by atoms with Gasteiger partial charge in [-0.2, -0.15) is 4.90 Å². The number of carbonyl (C=O) groups is 3. The van der Waals surface area contributed by atoms with Gasteiger partial charge in [-0.05, 0) is 33.0 Å². The molecule has 3 amide bonds. The fraction of sp³-hybridized carbons (Fsp3) is 0.556. The van der Waals surface area contributed by atoms with E-state index < -0.39 is 18.2 Å². The van der Waals surface area contributed by atoms with Gasteiger partial charge < -0.3 is 20.7 Å². The summed E-state index contributed by atoms with van der Waals surface area (Å²) < 4.78 is 6.65. The van der Waals surface area contributed by atoms with Crippen molar-refractivity contribution in [3.05, 3.63) is 23.9 Å². The normalized spacial score (nSPS) is 24.2. The predicted molar refractivity (Wildman–Crippen MR) is 97.2 cm³/mol. The van der Waals surface area contributed by atoms with Crippen LogP contribution in [0.3, 0.4) is 0 Å². The lowest BCUT2D eigenvalue weighted by atomic mass is 10.0. The van der Waals surface area contributed by atoms with Gasteiger partial charge in [-0.1, -0.05) is 0 Å². The van der Waals surface area contributed by atoms with E-state index in [0.29, 0.717) is 6.42 Å². The molecule has 27 heavy (non-hydrogen) atoms. The van der Waals surface area contributed by atoms with Crippen LogP contribution in [0.1, 0.15) is 25.5 Å². The van der Waals surface area contributed by atoms with Crippen molar-refractivity contribution in [2.75, 3.05) is 25.6 Å². The third-order valence-corrected chi connectivity index (χ3v) is 5.34. The number of rotatable bonds is 5. The molecule has 3 heterocycles. The van der Waals surface area contributed by atoms with Crippen molar-refractivity contribution in [1.82, 2.24) is 16.0 Å². The highest BCUT2D eigenvalue weighted by molar-refractivity contribution is 6.01. The number of amides is 3. The fourth-order valence-corrected chi connectivity index (χ4v) is 3.68. The van der Waals surface area contributed by atoms with Gasteiger partial charge >= 0.3 is 12.0 Å². The number of aromatic nitrogens is 1. The Bertz CT molecular complexity index is 768. The first-order valence-corrected chi connectivity index (χ1v) is 9.04. The van der Waals surface area contributed by atoms with Gasteiger partial charge in [0, 0.05) is 12.0 Å². The van der Waals surface area contributed by atoms with E-state index in [1.165, 1.54) is 7.11 Å². The van der Waals surface area contributed by atoms with Crippen LogP contribution < -0.4 is 25.4 Å². The van der Waals surface area contributed by atoms with E-state index in [1.807, 2.05) is 29.8 Å². The molecule has 4 unspecified atom stereocenters. The molecule has 2 aliphatic rings. The van der Waals surface area contributed by atoms with Crippen LogP contribution >= 0.6 is 0 Å². The minimum absolute atomic E-state index is 0.166. The standard InChI is InChI=1S/C18H25N5O4/c1-10(19-3)15(24)21-14-11(2)22-7-5-6-12-8-13(9-20-18(26)27-4)23(16(12)22)17(14)25/h5-7,10-11,13-14,19H,8-9H2,1-4H3,(H-,20,21,24,26)/p+1. The molecule has 4 atom stereocenters. The van der Waals surface area contributed by atoms with Crippen LogP contribution in [0.2, 0.25) is 0 Å². The summed E-state index contributed by atoms with van der Waals surface area (Å²) in [6.45, 7) is 3.94. The van der Waals surface area contributed by atoms with Crippen molar-refractivity contribution < 1.29 is 23.7 Å². The molecule has 2 aliphatic heterocycles. The molecule has 1 aromatic rings. The molecule has 0 saturated carbocycles. The van der Waals surface area contributed by atoms with Crippen molar-refractivity contribution >= 4 is 23.7 Å². The van der Waals surface area contributed by atoms with Crippen LogP contribution in [0.25, 0.3) is 0 Å². The minimum atomic E-state index is -0.681. The highest BCUT2D eigenvalue weighted by Crippen LogP contribution is 2.34. The summed E-state index contributed by atoms with van der Waals surface area (Å²) >= 11 is 0. The topological polar surface area (TPSA) is 104 Å². The maximum absolute atomic E-state index is 13.3. The number of anilines is 1. The Labute approximate surface area is 158 Å². The molecule has 0 aliphatic carbocycles. The van der Waals surface area contributed by atoms with E-state index >= 15 is 0 Å². The minimum Gasteiger partial charge on any atom is -0.453 e. The van der Waals surface area contributed by atoms with E-state index in [2.05, 4.69) is 20.7 Å². The highest BCUT2D eigenvalue weighted by atomic mass is 16.5. The summed E-state index contributed by atoms with van der Waals surface area (Å²) in [4.78, 5) is 38.8. The zero-order chi connectivity index (χ0) is 19.7. The molecule has 0 bridgehead atoms. The smallest absolute Gasteiger partial charge is 0.406 e. The average molecular weight is 376 g/mol. The SMILES string of the molecule is CNC(C)C(=O)NC1C(=O)N2c3c(ccc[n+]3C1C)CC2CNC(=O)OC. The lowest BCUT2D eigenvalue weighted by Crippen LogP contribution is -2.67. The molecular formula is C18H26N5O4+. The quantitative estimate of drug-likeness (QED) is 0.587. The third kappa shape index (κ3) is 3.34. The number of likely N-dealkylation sites (N-methyl/N-ethyl adjacent to an activating group) is 1. The van der Waals surface area contributed by atoms with Gasteiger partial charge in [0.1, 0.15) is 12.1 Å². The van der Waals surface area contributed by atoms with Gasteiger partial charge in [0.25, 0.3) is 5.82 Å². The van der Waals surface area contributed by atoms with Gasteiger partial charge in [0.05, 0.1) is 25.9 Å². The van der Waals surface area contributed by atoms with Crippen LogP contribution in [0, 0.1) is 0 Å². The molecular weight excluding hydrogens is 350 g/mol. The Balaban J connectivity index is 1.90. The summed E-state index contributed by atoms with van der Waals surface area (Å²) in [6.07, 6.45) is 2.01. The first-order chi connectivity index (χ1) is 12.9. The number of pyridine rings is 1. The second-order valence-corrected chi connectivity index (χ2v) is 6.94. The second-order valence-electron chi connectivity index (χ2n) is 6.94. The monoisotopic (exact) mass is 376 g/mol. The van der Waals surface area contributed by atoms with E-state index in [1.54, 1.807) is 18.9 Å². The zero-order valence-corrected chi connectivity index (χ0v) is 16.0. The maximum atomic E-state index is 13.3. The summed E-state index contributed by atoms with van der Waals surface area (Å²) in [5, 5.41) is 8.42. The predicted octanol–water partition coefficient (Wildman–Crippen LogP) is -0.745. The summed E-state index contributed by atoms with van der Waals surface area (Å²) in [7, 11) is 3.00. The number of ether oxygens (including phenoxy) is 1. The maximum Gasteiger partial charge on any atom is 0.406 e. The Morgan fingerprint density at radius 1 is 1.44 bits per heavy atom. The largest absolute Gasteiger partial charge is 0.453 e. The lowest BCUT2D eigenvalue weighted by molar-refractivity contribution is -0.710. The molecule has 0 fully saturated rings. The van der Waals surface area contributed by atoms with Gasteiger partial charge in [-0.15, -0.1) is 0 Å². The Hall–Kier alpha value is -2.68. The van der Waals surface area contributed by atoms with Crippen LogP contribution in [0.5, 0.6) is 0 Å². The summed E-state index contributed by atoms with van der Waals surface area (Å²) in [5.41, 5.74) is 1.04. The number of hydrogen-bond acceptors (Lipinski definition) is 5. The van der Waals surface area contributed by atoms with Gasteiger partial charge in [0.15, 0.2) is 6.04 Å². The number of alkyl carbamates (subject to hydrolysis) is 1. The summed E-state index contributed by atoms with van der Waals surface area (Å²) in [5.74, 6) is 0.436. The van der Waals surface area contributed by atoms with Crippen LogP contribution in [0.15, 0.2) is 18.3 Å². The number of methoxy groups -OCH3 is 1. The molecule has 9 nitrogen and oxygen atoms in total. The molecule has 0 spiro atoms. The Morgan fingerprint density at radius 2 is 2.19 bits per heavy atom. The van der Waals surface area contributed by atoms with E-state index in [-0.39, 0.29) is 30.4 Å². The Kier molecular flexibility index (Phi) is 5.31. The zero-order valence-electron chi connectivity index (χ0n) is 16.0. The number of hydrogen-bond donors (Lipinski definition) is 3. The van der Waals surface area contributed by atoms with Crippen molar-refractivity contribution in [3.63, 3.8) is 0 Å². The Morgan fingerprint density at radius 3 is 2.85 bits per heavy atom. The molecule has 146 valence electrons. The van der Waals surface area contributed by atoms with Crippen LogP contribution in [0.4, 0.5) is 10.6 Å². The van der Waals surface area contributed by atoms with Crippen molar-refractivity contribution in [2.24, 2.45) is 0 Å². The third-order valence-electron chi connectivity index (χ3n) is 5.34. The molecule has 0 radical (unpaired) electrons. The lowest BCUT2D eigenvalue weighted by Gasteiger charge is -2.33. The van der Waals surface area contributed by atoms with Crippen molar-refractivity contribution in [3.8, 4) is 0 Å². The molecule has 9 heteroatoms. The highest BCUT2D eigenvalue weighted by Gasteiger charge is 2.53. The van der Waals surface area contributed by atoms with E-state index in [4.69, 9.17) is 0 Å². The van der Waals surface area contributed by atoms with Gasteiger partial charge in [-0.3, -0.25) is 4.79 Å². The number of carbonyl (C=O) groups excluding carboxylic acids is 3. The average Bonchev–Trinajstić information content (AvgIpc) is 3.05. The van der Waals surface area contributed by atoms with E-state index in [0.717, 1.165) is 11.4 Å². The number of nitrogens with one attached hydrogen (secondary N) is 3. The first kappa shape index (κ1) is 19.1. The molecule has 1 aromatic heterocycles. The fourth-order valence-electron chi connectivity index (χ4n) is 3.68. The van der Waals surface area contributed by atoms with Crippen LogP contribution in [-0.2, 0) is 20.7 Å². The molecule has 3 N–H and O–H groups in total. The van der Waals surface area contributed by atoms with Gasteiger partial charge in [-0.25, -0.2) is 14.2 Å². The van der Waals surface area contributed by atoms with E-state index in [9.17, 15) is 14.4 Å².